The lowest BCUT2D eigenvalue weighted by Gasteiger charge is -2.37. The number of carbonyl (C=O) groups excluding carboxylic acids is 2. The Morgan fingerprint density at radius 1 is 0.941 bits per heavy atom. The van der Waals surface area contributed by atoms with E-state index in [4.69, 9.17) is 9.88 Å². The van der Waals surface area contributed by atoms with Crippen molar-refractivity contribution >= 4 is 27.6 Å². The van der Waals surface area contributed by atoms with Crippen LogP contribution in [0, 0.1) is 5.92 Å². The highest BCUT2D eigenvalue weighted by Crippen LogP contribution is 2.39. The van der Waals surface area contributed by atoms with Crippen LogP contribution in [0.15, 0.2) is 95.9 Å². The third-order valence-corrected chi connectivity index (χ3v) is 6.75. The van der Waals surface area contributed by atoms with E-state index in [9.17, 15) is 18.0 Å². The van der Waals surface area contributed by atoms with Gasteiger partial charge < -0.3 is 9.64 Å². The molecule has 3 aromatic carbocycles. The standard InChI is InChI=1S/C26H24N2O5S/c1-33-26(30)24-22(19-10-6-3-7-11-19)16-23(20-12-14-21(15-13-20)34(27,31)32)28(25(24)29)17-18-8-4-2-5-9-18/h2-16,22,24H,17H2,1H3,(H2,27,31,32). The molecule has 0 aliphatic carbocycles. The van der Waals surface area contributed by atoms with Crippen LogP contribution in [0.3, 0.4) is 0 Å². The van der Waals surface area contributed by atoms with Crippen molar-refractivity contribution in [1.29, 1.82) is 0 Å². The summed E-state index contributed by atoms with van der Waals surface area (Å²) in [5.41, 5.74) is 2.87. The number of hydrogen-bond acceptors (Lipinski definition) is 5. The summed E-state index contributed by atoms with van der Waals surface area (Å²) in [7, 11) is -2.59. The quantitative estimate of drug-likeness (QED) is 0.434. The van der Waals surface area contributed by atoms with Gasteiger partial charge in [-0.05, 0) is 28.8 Å². The maximum atomic E-state index is 13.8. The molecule has 2 unspecified atom stereocenters. The van der Waals surface area contributed by atoms with Gasteiger partial charge in [0, 0.05) is 11.6 Å². The van der Waals surface area contributed by atoms with Crippen LogP contribution >= 0.6 is 0 Å². The van der Waals surface area contributed by atoms with Gasteiger partial charge in [0.1, 0.15) is 5.92 Å². The number of carbonyl (C=O) groups is 2. The monoisotopic (exact) mass is 476 g/mol. The predicted octanol–water partition coefficient (Wildman–Crippen LogP) is 3.29. The Labute approximate surface area is 198 Å². The Bertz CT molecular complexity index is 1320. The number of primary sulfonamides is 1. The molecule has 4 rings (SSSR count). The van der Waals surface area contributed by atoms with Gasteiger partial charge in [0.2, 0.25) is 15.9 Å². The average Bonchev–Trinajstić information content (AvgIpc) is 2.85. The van der Waals surface area contributed by atoms with Crippen molar-refractivity contribution in [1.82, 2.24) is 4.90 Å². The number of ether oxygens (including phenoxy) is 1. The molecule has 34 heavy (non-hydrogen) atoms. The summed E-state index contributed by atoms with van der Waals surface area (Å²) in [6.07, 6.45) is 1.87. The fourth-order valence-corrected chi connectivity index (χ4v) is 4.65. The lowest BCUT2D eigenvalue weighted by atomic mass is 9.80. The maximum Gasteiger partial charge on any atom is 0.319 e. The number of hydrogen-bond donors (Lipinski definition) is 1. The summed E-state index contributed by atoms with van der Waals surface area (Å²) in [5, 5.41) is 5.24. The second-order valence-corrected chi connectivity index (χ2v) is 9.53. The first-order valence-corrected chi connectivity index (χ1v) is 12.2. The minimum Gasteiger partial charge on any atom is -0.468 e. The predicted molar refractivity (Wildman–Crippen MR) is 127 cm³/mol. The zero-order valence-electron chi connectivity index (χ0n) is 18.5. The third kappa shape index (κ3) is 4.78. The van der Waals surface area contributed by atoms with Crippen molar-refractivity contribution in [3.63, 3.8) is 0 Å². The first-order valence-electron chi connectivity index (χ1n) is 10.6. The van der Waals surface area contributed by atoms with Crippen LogP contribution in [0.2, 0.25) is 0 Å². The van der Waals surface area contributed by atoms with Gasteiger partial charge in [0.05, 0.1) is 18.6 Å². The molecule has 1 aliphatic rings. The highest BCUT2D eigenvalue weighted by atomic mass is 32.2. The van der Waals surface area contributed by atoms with E-state index in [-0.39, 0.29) is 11.4 Å². The largest absolute Gasteiger partial charge is 0.468 e. The van der Waals surface area contributed by atoms with Crippen molar-refractivity contribution in [2.45, 2.75) is 17.4 Å². The normalized spacial score (nSPS) is 18.4. The molecule has 0 spiro atoms. The average molecular weight is 477 g/mol. The van der Waals surface area contributed by atoms with E-state index in [0.29, 0.717) is 11.3 Å². The lowest BCUT2D eigenvalue weighted by Crippen LogP contribution is -2.44. The summed E-state index contributed by atoms with van der Waals surface area (Å²) >= 11 is 0. The molecule has 174 valence electrons. The van der Waals surface area contributed by atoms with Gasteiger partial charge in [-0.15, -0.1) is 0 Å². The number of esters is 1. The molecule has 1 heterocycles. The number of amides is 1. The van der Waals surface area contributed by atoms with Gasteiger partial charge in [0.15, 0.2) is 0 Å². The molecule has 0 saturated carbocycles. The number of sulfonamides is 1. The van der Waals surface area contributed by atoms with E-state index in [1.807, 2.05) is 66.7 Å². The van der Waals surface area contributed by atoms with Crippen LogP contribution in [0.5, 0.6) is 0 Å². The first kappa shape index (κ1) is 23.4. The summed E-state index contributed by atoms with van der Waals surface area (Å²) in [6.45, 7) is 0.234. The Balaban J connectivity index is 1.87. The summed E-state index contributed by atoms with van der Waals surface area (Å²) in [4.78, 5) is 28.1. The second-order valence-electron chi connectivity index (χ2n) is 7.97. The molecule has 0 aromatic heterocycles. The fraction of sp³-hybridized carbons (Fsp3) is 0.154. The number of rotatable bonds is 6. The van der Waals surface area contributed by atoms with Gasteiger partial charge in [-0.25, -0.2) is 13.6 Å². The van der Waals surface area contributed by atoms with Crippen molar-refractivity contribution in [3.05, 3.63) is 108 Å². The van der Waals surface area contributed by atoms with Crippen LogP contribution in [0.1, 0.15) is 22.6 Å². The molecule has 1 aliphatic heterocycles. The van der Waals surface area contributed by atoms with Crippen LogP contribution in [0.4, 0.5) is 0 Å². The molecule has 0 fully saturated rings. The second kappa shape index (κ2) is 9.62. The van der Waals surface area contributed by atoms with Crippen LogP contribution in [-0.4, -0.2) is 32.3 Å². The van der Waals surface area contributed by atoms with Gasteiger partial charge in [-0.3, -0.25) is 9.59 Å². The SMILES string of the molecule is COC(=O)C1C(=O)N(Cc2ccccc2)C(c2ccc(S(N)(=O)=O)cc2)=CC1c1ccccc1. The molecule has 7 nitrogen and oxygen atoms in total. The number of nitrogens with zero attached hydrogens (tertiary/aromatic N) is 1. The number of benzene rings is 3. The Kier molecular flexibility index (Phi) is 6.63. The van der Waals surface area contributed by atoms with Gasteiger partial charge in [0.25, 0.3) is 0 Å². The molecule has 0 saturated heterocycles. The third-order valence-electron chi connectivity index (χ3n) is 5.82. The number of nitrogens with two attached hydrogens (primary N) is 1. The zero-order chi connectivity index (χ0) is 24.3. The zero-order valence-corrected chi connectivity index (χ0v) is 19.3. The molecule has 2 atom stereocenters. The molecule has 0 radical (unpaired) electrons. The molecule has 0 bridgehead atoms. The number of methoxy groups -OCH3 is 1. The smallest absolute Gasteiger partial charge is 0.319 e. The van der Waals surface area contributed by atoms with Gasteiger partial charge in [-0.1, -0.05) is 78.9 Å². The van der Waals surface area contributed by atoms with E-state index < -0.39 is 33.7 Å². The molecular weight excluding hydrogens is 452 g/mol. The topological polar surface area (TPSA) is 107 Å². The van der Waals surface area contributed by atoms with E-state index >= 15 is 0 Å². The summed E-state index contributed by atoms with van der Waals surface area (Å²) < 4.78 is 28.4. The van der Waals surface area contributed by atoms with E-state index in [1.165, 1.54) is 19.2 Å². The van der Waals surface area contributed by atoms with Crippen LogP contribution in [-0.2, 0) is 30.9 Å². The van der Waals surface area contributed by atoms with E-state index in [2.05, 4.69) is 0 Å². The van der Waals surface area contributed by atoms with Crippen molar-refractivity contribution < 1.29 is 22.7 Å². The maximum absolute atomic E-state index is 13.8. The number of allylic oxidation sites excluding steroid dienone is 1. The van der Waals surface area contributed by atoms with Crippen molar-refractivity contribution in [3.8, 4) is 0 Å². The van der Waals surface area contributed by atoms with Crippen LogP contribution in [0.25, 0.3) is 5.70 Å². The summed E-state index contributed by atoms with van der Waals surface area (Å²) in [6, 6.07) is 24.7. The summed E-state index contributed by atoms with van der Waals surface area (Å²) in [5.74, 6) is -2.61. The first-order chi connectivity index (χ1) is 16.3. The Morgan fingerprint density at radius 2 is 1.53 bits per heavy atom. The Morgan fingerprint density at radius 3 is 2.09 bits per heavy atom. The molecule has 3 aromatic rings. The molecular formula is C26H24N2O5S. The van der Waals surface area contributed by atoms with Gasteiger partial charge >= 0.3 is 5.97 Å². The molecule has 8 heteroatoms. The molecule has 1 amide bonds. The van der Waals surface area contributed by atoms with E-state index in [1.54, 1.807) is 17.0 Å². The van der Waals surface area contributed by atoms with Crippen molar-refractivity contribution in [2.75, 3.05) is 7.11 Å². The minimum atomic E-state index is -3.86. The Hall–Kier alpha value is -3.75. The van der Waals surface area contributed by atoms with E-state index in [0.717, 1.165) is 11.1 Å². The van der Waals surface area contributed by atoms with Crippen molar-refractivity contribution in [2.24, 2.45) is 11.1 Å². The van der Waals surface area contributed by atoms with Crippen LogP contribution < -0.4 is 5.14 Å². The highest BCUT2D eigenvalue weighted by molar-refractivity contribution is 7.89. The van der Waals surface area contributed by atoms with Gasteiger partial charge in [-0.2, -0.15) is 0 Å². The molecule has 2 N–H and O–H groups in total. The highest BCUT2D eigenvalue weighted by Gasteiger charge is 2.43. The minimum absolute atomic E-state index is 0.0272. The fourth-order valence-electron chi connectivity index (χ4n) is 4.13. The lowest BCUT2D eigenvalue weighted by molar-refractivity contribution is -0.153.